The van der Waals surface area contributed by atoms with Crippen LogP contribution in [0.2, 0.25) is 0 Å². The van der Waals surface area contributed by atoms with E-state index in [4.69, 9.17) is 14.2 Å². The number of ether oxygens (including phenoxy) is 3. The molecule has 7 rings (SSSR count). The highest BCUT2D eigenvalue weighted by molar-refractivity contribution is 6.03. The van der Waals surface area contributed by atoms with Crippen molar-refractivity contribution in [2.24, 2.45) is 0 Å². The number of nitro benzene ring substituents is 1. The summed E-state index contributed by atoms with van der Waals surface area (Å²) < 4.78 is 17.4. The molecule has 7 aromatic carbocycles. The Balaban J connectivity index is 1.12. The Hall–Kier alpha value is -9.56. The molecular weight excluding hydrogens is 975 g/mol. The number of esters is 1. The standard InChI is InChI=1S/C63H57N3O11/c1-5-36-75-60-53(56(68)38-43-24-28-47(29-25-43)62(72)76-37-6-2)35-32-48(59(60)77-42(3)4)40-55(67)45-26-22-44(23-27-45)39-57(69)54(64-61(71)46-30-33-52(34-31-46)66(73)74)41-58(70)65-63(49-16-10-7-11-17-49,50-18-12-8-13-19-50)51-20-14-9-15-21-51/h5-35,42,54H,1-2,36-41H2,3-4H3,(H,64,71)(H,65,70)/t54-/m0/s1. The van der Waals surface area contributed by atoms with E-state index in [0.29, 0.717) is 27.8 Å². The van der Waals surface area contributed by atoms with Gasteiger partial charge in [-0.3, -0.25) is 34.1 Å². The molecule has 14 heteroatoms. The lowest BCUT2D eigenvalue weighted by atomic mass is 9.76. The van der Waals surface area contributed by atoms with Crippen molar-refractivity contribution in [3.05, 3.63) is 267 Å². The maximum absolute atomic E-state index is 14.6. The number of nitrogens with zero attached hydrogens (tertiary/aromatic N) is 1. The van der Waals surface area contributed by atoms with Crippen molar-refractivity contribution in [3.8, 4) is 11.5 Å². The highest BCUT2D eigenvalue weighted by Gasteiger charge is 2.39. The molecule has 0 spiro atoms. The SMILES string of the molecule is C=CCOC(=O)c1ccc(CC(=O)c2ccc(CC(=O)c3ccc(CC(=O)[C@H](CC(=O)NC(c4ccccc4)(c4ccccc4)c4ccccc4)NC(=O)c4ccc([N+](=O)[O-])cc4)cc3)c(OC(C)C)c2OCC=C)cc1. The van der Waals surface area contributed by atoms with Gasteiger partial charge in [-0.05, 0) is 72.0 Å². The molecule has 0 aliphatic heterocycles. The van der Waals surface area contributed by atoms with E-state index < -0.39 is 46.5 Å². The predicted octanol–water partition coefficient (Wildman–Crippen LogP) is 10.5. The lowest BCUT2D eigenvalue weighted by Gasteiger charge is -2.37. The second-order valence-corrected chi connectivity index (χ2v) is 18.3. The molecule has 0 fully saturated rings. The van der Waals surface area contributed by atoms with Crippen LogP contribution in [-0.2, 0) is 39.1 Å². The van der Waals surface area contributed by atoms with Gasteiger partial charge in [0.25, 0.3) is 11.6 Å². The molecule has 0 aromatic heterocycles. The van der Waals surface area contributed by atoms with Gasteiger partial charge in [0.2, 0.25) is 5.91 Å². The fourth-order valence-electron chi connectivity index (χ4n) is 8.73. The van der Waals surface area contributed by atoms with Gasteiger partial charge < -0.3 is 24.8 Å². The minimum absolute atomic E-state index is 0.0295. The Labute approximate surface area is 446 Å². The number of amides is 2. The number of rotatable bonds is 26. The molecule has 7 aromatic rings. The first-order valence-corrected chi connectivity index (χ1v) is 24.8. The van der Waals surface area contributed by atoms with Gasteiger partial charge in [0, 0.05) is 48.1 Å². The number of nitro groups is 1. The molecule has 0 unspecified atom stereocenters. The number of Topliss-reactive ketones (excluding diaryl/α,β-unsaturated/α-hetero) is 3. The summed E-state index contributed by atoms with van der Waals surface area (Å²) in [5.74, 6) is -2.54. The van der Waals surface area contributed by atoms with Gasteiger partial charge in [-0.25, -0.2) is 4.79 Å². The third-order valence-corrected chi connectivity index (χ3v) is 12.5. The van der Waals surface area contributed by atoms with E-state index in [-0.39, 0.29) is 78.5 Å². The maximum Gasteiger partial charge on any atom is 0.338 e. The summed E-state index contributed by atoms with van der Waals surface area (Å²) in [6, 6.07) is 47.9. The van der Waals surface area contributed by atoms with Gasteiger partial charge in [-0.1, -0.05) is 159 Å². The fourth-order valence-corrected chi connectivity index (χ4v) is 8.73. The zero-order valence-corrected chi connectivity index (χ0v) is 42.6. The lowest BCUT2D eigenvalue weighted by Crippen LogP contribution is -2.51. The molecule has 0 aliphatic carbocycles. The first-order chi connectivity index (χ1) is 37.2. The topological polar surface area (TPSA) is 197 Å². The first kappa shape index (κ1) is 55.2. The molecule has 0 aliphatic rings. The minimum Gasteiger partial charge on any atom is -0.487 e. The van der Waals surface area contributed by atoms with Crippen LogP contribution in [0.25, 0.3) is 0 Å². The van der Waals surface area contributed by atoms with Gasteiger partial charge in [0.15, 0.2) is 28.8 Å². The second-order valence-electron chi connectivity index (χ2n) is 18.3. The third kappa shape index (κ3) is 14.0. The number of hydrogen-bond donors (Lipinski definition) is 2. The van der Waals surface area contributed by atoms with Gasteiger partial charge in [-0.15, -0.1) is 0 Å². The number of carbonyl (C=O) groups excluding carboxylic acids is 6. The van der Waals surface area contributed by atoms with E-state index in [1.165, 1.54) is 36.4 Å². The molecule has 0 heterocycles. The second kappa shape index (κ2) is 26.1. The molecule has 0 saturated heterocycles. The number of carbonyl (C=O) groups is 6. The summed E-state index contributed by atoms with van der Waals surface area (Å²) in [5.41, 5.74) is 3.28. The zero-order chi connectivity index (χ0) is 54.9. The molecule has 2 N–H and O–H groups in total. The summed E-state index contributed by atoms with van der Waals surface area (Å²) in [4.78, 5) is 93.9. The molecule has 2 amide bonds. The van der Waals surface area contributed by atoms with E-state index in [9.17, 15) is 38.9 Å². The van der Waals surface area contributed by atoms with Crippen molar-refractivity contribution in [3.63, 3.8) is 0 Å². The zero-order valence-electron chi connectivity index (χ0n) is 42.6. The summed E-state index contributed by atoms with van der Waals surface area (Å²) in [6.45, 7) is 11.0. The van der Waals surface area contributed by atoms with Crippen molar-refractivity contribution < 1.29 is 47.9 Å². The summed E-state index contributed by atoms with van der Waals surface area (Å²) in [6.07, 6.45) is 1.72. The molecule has 1 atom stereocenters. The number of nitrogens with one attached hydrogen (secondary N) is 2. The Morgan fingerprint density at radius 1 is 0.597 bits per heavy atom. The number of benzene rings is 7. The Bertz CT molecular complexity index is 3150. The average Bonchev–Trinajstić information content (AvgIpc) is 3.46. The van der Waals surface area contributed by atoms with Crippen LogP contribution in [0.5, 0.6) is 11.5 Å². The Morgan fingerprint density at radius 2 is 1.12 bits per heavy atom. The van der Waals surface area contributed by atoms with E-state index in [2.05, 4.69) is 23.8 Å². The largest absolute Gasteiger partial charge is 0.487 e. The normalized spacial score (nSPS) is 11.4. The maximum atomic E-state index is 14.6. The van der Waals surface area contributed by atoms with Crippen molar-refractivity contribution in [1.29, 1.82) is 0 Å². The molecule has 0 bridgehead atoms. The molecule has 0 radical (unpaired) electrons. The highest BCUT2D eigenvalue weighted by atomic mass is 16.6. The summed E-state index contributed by atoms with van der Waals surface area (Å²) in [7, 11) is 0. The lowest BCUT2D eigenvalue weighted by molar-refractivity contribution is -0.384. The van der Waals surface area contributed by atoms with Gasteiger partial charge in [0.1, 0.15) is 18.8 Å². The summed E-state index contributed by atoms with van der Waals surface area (Å²) >= 11 is 0. The smallest absolute Gasteiger partial charge is 0.338 e. The van der Waals surface area contributed by atoms with Gasteiger partial charge >= 0.3 is 5.97 Å². The van der Waals surface area contributed by atoms with E-state index in [1.807, 2.05) is 105 Å². The monoisotopic (exact) mass is 1030 g/mol. The molecule has 14 nitrogen and oxygen atoms in total. The van der Waals surface area contributed by atoms with Crippen molar-refractivity contribution in [1.82, 2.24) is 10.6 Å². The average molecular weight is 1030 g/mol. The van der Waals surface area contributed by atoms with Gasteiger partial charge in [0.05, 0.1) is 34.6 Å². The number of hydrogen-bond acceptors (Lipinski definition) is 11. The fraction of sp³-hybridized carbons (Fsp3) is 0.175. The third-order valence-electron chi connectivity index (χ3n) is 12.5. The Morgan fingerprint density at radius 3 is 1.64 bits per heavy atom. The highest BCUT2D eigenvalue weighted by Crippen LogP contribution is 2.39. The quantitative estimate of drug-likeness (QED) is 0.0131. The first-order valence-electron chi connectivity index (χ1n) is 24.8. The molecular formula is C63H57N3O11. The van der Waals surface area contributed by atoms with Crippen LogP contribution < -0.4 is 20.1 Å². The van der Waals surface area contributed by atoms with E-state index in [1.54, 1.807) is 60.7 Å². The van der Waals surface area contributed by atoms with Crippen LogP contribution in [0.3, 0.4) is 0 Å². The van der Waals surface area contributed by atoms with Crippen LogP contribution in [0.4, 0.5) is 5.69 Å². The van der Waals surface area contributed by atoms with Crippen LogP contribution in [0.1, 0.15) is 95.1 Å². The molecule has 390 valence electrons. The summed E-state index contributed by atoms with van der Waals surface area (Å²) in [5, 5.41) is 17.4. The van der Waals surface area contributed by atoms with E-state index in [0.717, 1.165) is 16.7 Å². The van der Waals surface area contributed by atoms with Crippen molar-refractivity contribution in [2.75, 3.05) is 13.2 Å². The van der Waals surface area contributed by atoms with Gasteiger partial charge in [-0.2, -0.15) is 0 Å². The molecule has 0 saturated carbocycles. The van der Waals surface area contributed by atoms with Crippen LogP contribution in [-0.4, -0.2) is 65.4 Å². The number of ketones is 3. The van der Waals surface area contributed by atoms with Crippen molar-refractivity contribution >= 4 is 40.8 Å². The predicted molar refractivity (Wildman–Crippen MR) is 292 cm³/mol. The Kier molecular flexibility index (Phi) is 18.7. The minimum atomic E-state index is -1.37. The molecule has 77 heavy (non-hydrogen) atoms. The van der Waals surface area contributed by atoms with Crippen LogP contribution >= 0.6 is 0 Å². The van der Waals surface area contributed by atoms with E-state index >= 15 is 0 Å². The number of non-ortho nitro benzene ring substituents is 1. The van der Waals surface area contributed by atoms with Crippen LogP contribution in [0, 0.1) is 10.1 Å². The van der Waals surface area contributed by atoms with Crippen LogP contribution in [0.15, 0.2) is 201 Å². The van der Waals surface area contributed by atoms with Crippen molar-refractivity contribution in [2.45, 2.75) is 57.2 Å².